The molecule has 1 heterocycles. The lowest BCUT2D eigenvalue weighted by Gasteiger charge is -2.04. The van der Waals surface area contributed by atoms with Gasteiger partial charge in [-0.05, 0) is 5.56 Å². The van der Waals surface area contributed by atoms with Gasteiger partial charge in [0.05, 0.1) is 5.69 Å². The van der Waals surface area contributed by atoms with Crippen LogP contribution in [-0.4, -0.2) is 9.97 Å². The number of hydrogen-bond donors (Lipinski definition) is 1. The zero-order valence-electron chi connectivity index (χ0n) is 10.9. The van der Waals surface area contributed by atoms with Crippen molar-refractivity contribution in [1.82, 2.24) is 9.97 Å². The largest absolute Gasteiger partial charge is 0.307 e. The Balaban J connectivity index is 1.97. The van der Waals surface area contributed by atoms with Crippen LogP contribution >= 0.6 is 0 Å². The van der Waals surface area contributed by atoms with Gasteiger partial charge in [-0.1, -0.05) is 60.7 Å². The maximum Gasteiger partial charge on any atom is 0.251 e. The SMILES string of the molecule is O=c1cc(Cc2ccccc2)nc(-c2ccccc2)[nH]1. The van der Waals surface area contributed by atoms with Gasteiger partial charge in [-0.3, -0.25) is 4.79 Å². The molecule has 20 heavy (non-hydrogen) atoms. The summed E-state index contributed by atoms with van der Waals surface area (Å²) in [6.07, 6.45) is 0.657. The number of benzene rings is 2. The van der Waals surface area contributed by atoms with Crippen LogP contribution < -0.4 is 5.56 Å². The van der Waals surface area contributed by atoms with Crippen LogP contribution in [-0.2, 0) is 6.42 Å². The third-order valence-corrected chi connectivity index (χ3v) is 3.07. The van der Waals surface area contributed by atoms with Crippen molar-refractivity contribution in [2.45, 2.75) is 6.42 Å². The Labute approximate surface area is 117 Å². The van der Waals surface area contributed by atoms with Gasteiger partial charge in [0.25, 0.3) is 5.56 Å². The molecule has 3 aromatic rings. The summed E-state index contributed by atoms with van der Waals surface area (Å²) in [5.41, 5.74) is 2.72. The zero-order chi connectivity index (χ0) is 13.8. The molecule has 0 radical (unpaired) electrons. The first-order valence-corrected chi connectivity index (χ1v) is 6.51. The second-order valence-corrected chi connectivity index (χ2v) is 4.61. The standard InChI is InChI=1S/C17H14N2O/c20-16-12-15(11-13-7-3-1-4-8-13)18-17(19-16)14-9-5-2-6-10-14/h1-10,12H,11H2,(H,18,19,20). The lowest BCUT2D eigenvalue weighted by molar-refractivity contribution is 1.01. The van der Waals surface area contributed by atoms with E-state index in [0.29, 0.717) is 12.2 Å². The van der Waals surface area contributed by atoms with Crippen molar-refractivity contribution >= 4 is 0 Å². The van der Waals surface area contributed by atoms with E-state index in [9.17, 15) is 4.79 Å². The molecule has 0 fully saturated rings. The average molecular weight is 262 g/mol. The quantitative estimate of drug-likeness (QED) is 0.788. The number of rotatable bonds is 3. The van der Waals surface area contributed by atoms with Crippen LogP contribution in [0.5, 0.6) is 0 Å². The van der Waals surface area contributed by atoms with E-state index < -0.39 is 0 Å². The second kappa shape index (κ2) is 5.53. The predicted molar refractivity (Wildman–Crippen MR) is 79.5 cm³/mol. The number of H-pyrrole nitrogens is 1. The summed E-state index contributed by atoms with van der Waals surface area (Å²) in [6, 6.07) is 21.2. The topological polar surface area (TPSA) is 45.8 Å². The third-order valence-electron chi connectivity index (χ3n) is 3.07. The monoisotopic (exact) mass is 262 g/mol. The molecule has 3 heteroatoms. The molecule has 0 aliphatic carbocycles. The van der Waals surface area contributed by atoms with E-state index in [0.717, 1.165) is 16.8 Å². The molecule has 0 saturated carbocycles. The fraction of sp³-hybridized carbons (Fsp3) is 0.0588. The Morgan fingerprint density at radius 1 is 0.900 bits per heavy atom. The van der Waals surface area contributed by atoms with Crippen LogP contribution in [0, 0.1) is 0 Å². The van der Waals surface area contributed by atoms with Gasteiger partial charge in [0.15, 0.2) is 0 Å². The smallest absolute Gasteiger partial charge is 0.251 e. The molecule has 0 aliphatic rings. The first-order chi connectivity index (χ1) is 9.81. The number of aromatic amines is 1. The zero-order valence-corrected chi connectivity index (χ0v) is 10.9. The van der Waals surface area contributed by atoms with Crippen LogP contribution in [0.1, 0.15) is 11.3 Å². The molecule has 0 spiro atoms. The van der Waals surface area contributed by atoms with Gasteiger partial charge in [-0.15, -0.1) is 0 Å². The van der Waals surface area contributed by atoms with Gasteiger partial charge in [-0.2, -0.15) is 0 Å². The lowest BCUT2D eigenvalue weighted by atomic mass is 10.1. The van der Waals surface area contributed by atoms with Crippen LogP contribution in [0.15, 0.2) is 71.5 Å². The number of aromatic nitrogens is 2. The minimum Gasteiger partial charge on any atom is -0.307 e. The van der Waals surface area contributed by atoms with Gasteiger partial charge in [0.1, 0.15) is 5.82 Å². The Kier molecular flexibility index (Phi) is 3.42. The highest BCUT2D eigenvalue weighted by molar-refractivity contribution is 5.54. The molecule has 0 saturated heterocycles. The Hall–Kier alpha value is -2.68. The highest BCUT2D eigenvalue weighted by Gasteiger charge is 2.04. The van der Waals surface area contributed by atoms with Crippen molar-refractivity contribution in [3.63, 3.8) is 0 Å². The van der Waals surface area contributed by atoms with Crippen molar-refractivity contribution in [2.75, 3.05) is 0 Å². The normalized spacial score (nSPS) is 10.4. The summed E-state index contributed by atoms with van der Waals surface area (Å²) >= 11 is 0. The van der Waals surface area contributed by atoms with Crippen LogP contribution in [0.3, 0.4) is 0 Å². The Morgan fingerprint density at radius 2 is 1.55 bits per heavy atom. The summed E-state index contributed by atoms with van der Waals surface area (Å²) in [4.78, 5) is 19.1. The average Bonchev–Trinajstić information content (AvgIpc) is 2.49. The molecular weight excluding hydrogens is 248 g/mol. The maximum absolute atomic E-state index is 11.8. The molecule has 3 rings (SSSR count). The fourth-order valence-electron chi connectivity index (χ4n) is 2.14. The Bertz CT molecular complexity index is 749. The van der Waals surface area contributed by atoms with Gasteiger partial charge in [-0.25, -0.2) is 4.98 Å². The summed E-state index contributed by atoms with van der Waals surface area (Å²) in [7, 11) is 0. The first kappa shape index (κ1) is 12.4. The molecular formula is C17H14N2O. The minimum absolute atomic E-state index is 0.121. The Morgan fingerprint density at radius 3 is 2.25 bits per heavy atom. The molecule has 0 bridgehead atoms. The number of nitrogens with zero attached hydrogens (tertiary/aromatic N) is 1. The van der Waals surface area contributed by atoms with Gasteiger partial charge in [0, 0.05) is 18.1 Å². The first-order valence-electron chi connectivity index (χ1n) is 6.51. The maximum atomic E-state index is 11.8. The van der Waals surface area contributed by atoms with Crippen LogP contribution in [0.2, 0.25) is 0 Å². The van der Waals surface area contributed by atoms with Crippen LogP contribution in [0.4, 0.5) is 0 Å². The van der Waals surface area contributed by atoms with E-state index >= 15 is 0 Å². The van der Waals surface area contributed by atoms with Gasteiger partial charge < -0.3 is 4.98 Å². The minimum atomic E-state index is -0.121. The summed E-state index contributed by atoms with van der Waals surface area (Å²) in [5, 5.41) is 0. The molecule has 0 atom stereocenters. The van der Waals surface area contributed by atoms with E-state index in [4.69, 9.17) is 0 Å². The summed E-state index contributed by atoms with van der Waals surface area (Å²) < 4.78 is 0. The molecule has 0 aliphatic heterocycles. The highest BCUT2D eigenvalue weighted by Crippen LogP contribution is 2.13. The van der Waals surface area contributed by atoms with E-state index in [1.54, 1.807) is 6.07 Å². The summed E-state index contributed by atoms with van der Waals surface area (Å²) in [5.74, 6) is 0.615. The molecule has 0 amide bonds. The van der Waals surface area contributed by atoms with Crippen molar-refractivity contribution in [2.24, 2.45) is 0 Å². The van der Waals surface area contributed by atoms with E-state index in [-0.39, 0.29) is 5.56 Å². The van der Waals surface area contributed by atoms with E-state index in [1.165, 1.54) is 0 Å². The van der Waals surface area contributed by atoms with Crippen molar-refractivity contribution in [1.29, 1.82) is 0 Å². The third kappa shape index (κ3) is 2.83. The lowest BCUT2D eigenvalue weighted by Crippen LogP contribution is -2.10. The van der Waals surface area contributed by atoms with Crippen molar-refractivity contribution in [3.05, 3.63) is 88.3 Å². The van der Waals surface area contributed by atoms with Crippen molar-refractivity contribution < 1.29 is 0 Å². The molecule has 98 valence electrons. The van der Waals surface area contributed by atoms with E-state index in [2.05, 4.69) is 9.97 Å². The molecule has 3 nitrogen and oxygen atoms in total. The highest BCUT2D eigenvalue weighted by atomic mass is 16.1. The van der Waals surface area contributed by atoms with Crippen molar-refractivity contribution in [3.8, 4) is 11.4 Å². The predicted octanol–water partition coefficient (Wildman–Crippen LogP) is 3.03. The fourth-order valence-corrected chi connectivity index (χ4v) is 2.14. The number of hydrogen-bond acceptors (Lipinski definition) is 2. The van der Waals surface area contributed by atoms with Gasteiger partial charge >= 0.3 is 0 Å². The van der Waals surface area contributed by atoms with E-state index in [1.807, 2.05) is 60.7 Å². The molecule has 2 aromatic carbocycles. The van der Waals surface area contributed by atoms with Crippen LogP contribution in [0.25, 0.3) is 11.4 Å². The molecule has 1 N–H and O–H groups in total. The molecule has 0 unspecified atom stereocenters. The summed E-state index contributed by atoms with van der Waals surface area (Å²) in [6.45, 7) is 0. The van der Waals surface area contributed by atoms with Gasteiger partial charge in [0.2, 0.25) is 0 Å². The number of nitrogens with one attached hydrogen (secondary N) is 1. The second-order valence-electron chi connectivity index (χ2n) is 4.61. The molecule has 1 aromatic heterocycles.